The van der Waals surface area contributed by atoms with Gasteiger partial charge in [0.25, 0.3) is 11.8 Å². The third-order valence-corrected chi connectivity index (χ3v) is 4.33. The van der Waals surface area contributed by atoms with Crippen molar-refractivity contribution in [2.24, 2.45) is 0 Å². The third-order valence-electron chi connectivity index (χ3n) is 4.33. The number of aromatic nitrogens is 1. The molecule has 2 aromatic carbocycles. The molecule has 0 fully saturated rings. The van der Waals surface area contributed by atoms with Crippen LogP contribution in [0.4, 0.5) is 5.69 Å². The van der Waals surface area contributed by atoms with Crippen LogP contribution in [0.1, 0.15) is 20.8 Å². The molecule has 1 aliphatic rings. The van der Waals surface area contributed by atoms with Gasteiger partial charge in [0.15, 0.2) is 0 Å². The summed E-state index contributed by atoms with van der Waals surface area (Å²) < 4.78 is 5.59. The largest absolute Gasteiger partial charge is 0.491 e. The molecule has 0 atom stereocenters. The zero-order valence-corrected chi connectivity index (χ0v) is 14.2. The van der Waals surface area contributed by atoms with Crippen LogP contribution in [0.25, 0.3) is 10.9 Å². The molecule has 6 heteroatoms. The quantitative estimate of drug-likeness (QED) is 0.774. The van der Waals surface area contributed by atoms with Crippen LogP contribution in [0.15, 0.2) is 54.6 Å². The van der Waals surface area contributed by atoms with Gasteiger partial charge in [-0.25, -0.2) is 4.98 Å². The first-order valence-electron chi connectivity index (χ1n) is 8.31. The van der Waals surface area contributed by atoms with Gasteiger partial charge in [0, 0.05) is 18.1 Å². The topological polar surface area (TPSA) is 71.5 Å². The monoisotopic (exact) mass is 347 g/mol. The normalized spacial score (nSPS) is 13.7. The Hall–Kier alpha value is -3.41. The summed E-state index contributed by atoms with van der Waals surface area (Å²) >= 11 is 0. The number of nitrogens with zero attached hydrogens (tertiary/aromatic N) is 2. The number of carbonyl (C=O) groups is 2. The predicted octanol–water partition coefficient (Wildman–Crippen LogP) is 2.95. The lowest BCUT2D eigenvalue weighted by Gasteiger charge is -2.13. The fraction of sp³-hybridized carbons (Fsp3) is 0.150. The number of carbonyl (C=O) groups excluding carboxylic acids is 2. The lowest BCUT2D eigenvalue weighted by molar-refractivity contribution is 0.0796. The van der Waals surface area contributed by atoms with E-state index in [1.54, 1.807) is 36.2 Å². The number of para-hydroxylation sites is 1. The number of hydrogen-bond donors (Lipinski definition) is 1. The molecule has 1 aromatic heterocycles. The minimum atomic E-state index is -0.328. The minimum Gasteiger partial charge on any atom is -0.491 e. The van der Waals surface area contributed by atoms with Gasteiger partial charge in [-0.1, -0.05) is 24.3 Å². The summed E-state index contributed by atoms with van der Waals surface area (Å²) in [5.74, 6) is 0.0738. The van der Waals surface area contributed by atoms with Crippen molar-refractivity contribution in [3.05, 3.63) is 65.9 Å². The molecule has 0 aliphatic carbocycles. The van der Waals surface area contributed by atoms with Crippen molar-refractivity contribution < 1.29 is 14.3 Å². The number of hydrogen-bond acceptors (Lipinski definition) is 4. The highest BCUT2D eigenvalue weighted by Crippen LogP contribution is 2.26. The Morgan fingerprint density at radius 2 is 2.00 bits per heavy atom. The van der Waals surface area contributed by atoms with E-state index in [9.17, 15) is 9.59 Å². The summed E-state index contributed by atoms with van der Waals surface area (Å²) in [5.41, 5.74) is 2.04. The summed E-state index contributed by atoms with van der Waals surface area (Å²) in [4.78, 5) is 30.9. The molecule has 2 heterocycles. The third kappa shape index (κ3) is 2.97. The fourth-order valence-electron chi connectivity index (χ4n) is 2.89. The van der Waals surface area contributed by atoms with Crippen molar-refractivity contribution in [3.8, 4) is 5.75 Å². The molecule has 0 radical (unpaired) electrons. The van der Waals surface area contributed by atoms with E-state index in [2.05, 4.69) is 10.3 Å². The van der Waals surface area contributed by atoms with E-state index in [0.717, 1.165) is 10.9 Å². The molecule has 2 amide bonds. The van der Waals surface area contributed by atoms with E-state index in [-0.39, 0.29) is 11.8 Å². The molecule has 3 aromatic rings. The highest BCUT2D eigenvalue weighted by atomic mass is 16.5. The second-order valence-electron chi connectivity index (χ2n) is 6.13. The molecule has 1 N–H and O–H groups in total. The molecular formula is C20H17N3O3. The molecular weight excluding hydrogens is 330 g/mol. The van der Waals surface area contributed by atoms with Crippen LogP contribution in [0.2, 0.25) is 0 Å². The van der Waals surface area contributed by atoms with E-state index >= 15 is 0 Å². The Morgan fingerprint density at radius 3 is 2.88 bits per heavy atom. The molecule has 0 unspecified atom stereocenters. The predicted molar refractivity (Wildman–Crippen MR) is 98.6 cm³/mol. The van der Waals surface area contributed by atoms with Crippen molar-refractivity contribution >= 4 is 28.4 Å². The van der Waals surface area contributed by atoms with Crippen molar-refractivity contribution in [1.82, 2.24) is 9.88 Å². The average Bonchev–Trinajstić information content (AvgIpc) is 2.80. The van der Waals surface area contributed by atoms with Crippen LogP contribution in [-0.2, 0) is 0 Å². The van der Waals surface area contributed by atoms with E-state index in [0.29, 0.717) is 35.8 Å². The summed E-state index contributed by atoms with van der Waals surface area (Å²) in [5, 5.41) is 3.77. The maximum absolute atomic E-state index is 12.5. The highest BCUT2D eigenvalue weighted by molar-refractivity contribution is 6.05. The zero-order chi connectivity index (χ0) is 18.1. The lowest BCUT2D eigenvalue weighted by Crippen LogP contribution is -2.27. The van der Waals surface area contributed by atoms with Gasteiger partial charge in [-0.2, -0.15) is 0 Å². The van der Waals surface area contributed by atoms with Crippen LogP contribution >= 0.6 is 0 Å². The van der Waals surface area contributed by atoms with Crippen LogP contribution < -0.4 is 10.1 Å². The molecule has 26 heavy (non-hydrogen) atoms. The molecule has 0 spiro atoms. The Bertz CT molecular complexity index is 1020. The Morgan fingerprint density at radius 1 is 1.15 bits per heavy atom. The van der Waals surface area contributed by atoms with Gasteiger partial charge in [-0.15, -0.1) is 0 Å². The van der Waals surface area contributed by atoms with Crippen molar-refractivity contribution in [1.29, 1.82) is 0 Å². The first-order valence-corrected chi connectivity index (χ1v) is 8.31. The first-order chi connectivity index (χ1) is 12.6. The summed E-state index contributed by atoms with van der Waals surface area (Å²) in [7, 11) is 1.73. The van der Waals surface area contributed by atoms with E-state index in [1.807, 2.05) is 30.3 Å². The lowest BCUT2D eigenvalue weighted by atomic mass is 10.1. The maximum Gasteiger partial charge on any atom is 0.274 e. The molecule has 130 valence electrons. The maximum atomic E-state index is 12.5. The van der Waals surface area contributed by atoms with Gasteiger partial charge < -0.3 is 15.0 Å². The minimum absolute atomic E-state index is 0.127. The fourth-order valence-corrected chi connectivity index (χ4v) is 2.89. The Balaban J connectivity index is 1.61. The van der Waals surface area contributed by atoms with Crippen molar-refractivity contribution in [2.45, 2.75) is 0 Å². The smallest absolute Gasteiger partial charge is 0.274 e. The summed E-state index contributed by atoms with van der Waals surface area (Å²) in [6, 6.07) is 16.2. The van der Waals surface area contributed by atoms with Gasteiger partial charge in [0.1, 0.15) is 18.1 Å². The number of likely N-dealkylation sites (N-methyl/N-ethyl adjacent to an activating group) is 1. The Labute approximate surface area is 150 Å². The summed E-state index contributed by atoms with van der Waals surface area (Å²) in [6.07, 6.45) is 0. The standard InChI is InChI=1S/C20H17N3O3/c1-23-10-11-26-18-9-7-14(12-15(18)20(23)25)21-19(24)17-8-6-13-4-2-3-5-16(13)22-17/h2-9,12H,10-11H2,1H3,(H,21,24). The van der Waals surface area contributed by atoms with Crippen LogP contribution in [0.5, 0.6) is 5.75 Å². The number of fused-ring (bicyclic) bond motifs is 2. The van der Waals surface area contributed by atoms with Gasteiger partial charge >= 0.3 is 0 Å². The van der Waals surface area contributed by atoms with Gasteiger partial charge in [0.05, 0.1) is 17.6 Å². The number of benzene rings is 2. The molecule has 0 saturated carbocycles. The molecule has 0 saturated heterocycles. The molecule has 1 aliphatic heterocycles. The summed E-state index contributed by atoms with van der Waals surface area (Å²) in [6.45, 7) is 0.970. The molecule has 4 rings (SSSR count). The second kappa shape index (κ2) is 6.48. The number of rotatable bonds is 2. The number of amides is 2. The number of ether oxygens (including phenoxy) is 1. The van der Waals surface area contributed by atoms with Crippen molar-refractivity contribution in [2.75, 3.05) is 25.5 Å². The van der Waals surface area contributed by atoms with Crippen molar-refractivity contribution in [3.63, 3.8) is 0 Å². The zero-order valence-electron chi connectivity index (χ0n) is 14.2. The van der Waals surface area contributed by atoms with Gasteiger partial charge in [-0.3, -0.25) is 9.59 Å². The highest BCUT2D eigenvalue weighted by Gasteiger charge is 2.21. The number of nitrogens with one attached hydrogen (secondary N) is 1. The molecule has 0 bridgehead atoms. The van der Waals surface area contributed by atoms with E-state index in [1.165, 1.54) is 0 Å². The van der Waals surface area contributed by atoms with Crippen LogP contribution in [0.3, 0.4) is 0 Å². The van der Waals surface area contributed by atoms with Gasteiger partial charge in [-0.05, 0) is 30.3 Å². The van der Waals surface area contributed by atoms with E-state index < -0.39 is 0 Å². The number of pyridine rings is 1. The molecule has 6 nitrogen and oxygen atoms in total. The van der Waals surface area contributed by atoms with Gasteiger partial charge in [0.2, 0.25) is 0 Å². The van der Waals surface area contributed by atoms with E-state index in [4.69, 9.17) is 4.74 Å². The SMILES string of the molecule is CN1CCOc2ccc(NC(=O)c3ccc4ccccc4n3)cc2C1=O. The Kier molecular flexibility index (Phi) is 4.01. The van der Waals surface area contributed by atoms with Crippen LogP contribution in [-0.4, -0.2) is 41.9 Å². The van der Waals surface area contributed by atoms with Crippen LogP contribution in [0, 0.1) is 0 Å². The first kappa shape index (κ1) is 16.1. The second-order valence-corrected chi connectivity index (χ2v) is 6.13. The number of anilines is 1. The average molecular weight is 347 g/mol.